The lowest BCUT2D eigenvalue weighted by atomic mass is 9.97. The van der Waals surface area contributed by atoms with E-state index in [4.69, 9.17) is 4.74 Å². The van der Waals surface area contributed by atoms with Gasteiger partial charge in [-0.1, -0.05) is 11.6 Å². The van der Waals surface area contributed by atoms with Crippen LogP contribution in [0.2, 0.25) is 0 Å². The fraction of sp³-hybridized carbons (Fsp3) is 0.842. The van der Waals surface area contributed by atoms with Crippen molar-refractivity contribution in [2.24, 2.45) is 4.99 Å². The Morgan fingerprint density at radius 1 is 1.25 bits per heavy atom. The van der Waals surface area contributed by atoms with Crippen molar-refractivity contribution in [1.82, 2.24) is 14.5 Å². The summed E-state index contributed by atoms with van der Waals surface area (Å²) in [7, 11) is -1.47. The van der Waals surface area contributed by atoms with Crippen LogP contribution in [-0.2, 0) is 14.8 Å². The van der Waals surface area contributed by atoms with Gasteiger partial charge < -0.3 is 15.0 Å². The predicted octanol–water partition coefficient (Wildman–Crippen LogP) is 2.44. The molecule has 0 aromatic carbocycles. The maximum atomic E-state index is 12.4. The van der Waals surface area contributed by atoms with Crippen LogP contribution in [0.15, 0.2) is 16.6 Å². The van der Waals surface area contributed by atoms with E-state index in [9.17, 15) is 8.42 Å². The van der Waals surface area contributed by atoms with Crippen molar-refractivity contribution in [1.29, 1.82) is 0 Å². The number of halogens is 1. The van der Waals surface area contributed by atoms with E-state index in [-0.39, 0.29) is 42.4 Å². The molecule has 0 unspecified atom stereocenters. The SMILES string of the molecule is CN=C(NCCC1=CCCCC1)N1CCN(S(=O)(=O)CCOC(C)C)CC1.I. The number of guanidine groups is 1. The summed E-state index contributed by atoms with van der Waals surface area (Å²) >= 11 is 0. The van der Waals surface area contributed by atoms with Crippen LogP contribution in [0.25, 0.3) is 0 Å². The summed E-state index contributed by atoms with van der Waals surface area (Å²) in [6.07, 6.45) is 8.54. The summed E-state index contributed by atoms with van der Waals surface area (Å²) in [5.74, 6) is 0.916. The molecule has 1 saturated heterocycles. The molecule has 164 valence electrons. The minimum atomic E-state index is -3.25. The summed E-state index contributed by atoms with van der Waals surface area (Å²) in [6, 6.07) is 0. The van der Waals surface area contributed by atoms with Crippen molar-refractivity contribution in [2.45, 2.75) is 52.1 Å². The Morgan fingerprint density at radius 3 is 2.54 bits per heavy atom. The lowest BCUT2D eigenvalue weighted by molar-refractivity contribution is 0.0904. The molecular formula is C19H37IN4O3S. The molecule has 0 saturated carbocycles. The average molecular weight is 529 g/mol. The first-order chi connectivity index (χ1) is 12.9. The minimum absolute atomic E-state index is 0. The molecule has 0 bridgehead atoms. The van der Waals surface area contributed by atoms with Crippen LogP contribution in [0.5, 0.6) is 0 Å². The van der Waals surface area contributed by atoms with Crippen LogP contribution in [0, 0.1) is 0 Å². The summed E-state index contributed by atoms with van der Waals surface area (Å²) < 4.78 is 31.8. The van der Waals surface area contributed by atoms with E-state index in [0.717, 1.165) is 18.9 Å². The minimum Gasteiger partial charge on any atom is -0.378 e. The first-order valence-electron chi connectivity index (χ1n) is 10.2. The van der Waals surface area contributed by atoms with E-state index < -0.39 is 10.0 Å². The number of ether oxygens (including phenoxy) is 1. The second kappa shape index (κ2) is 13.0. The van der Waals surface area contributed by atoms with Gasteiger partial charge in [0.2, 0.25) is 10.0 Å². The Bertz CT molecular complexity index is 615. The molecular weight excluding hydrogens is 491 g/mol. The van der Waals surface area contributed by atoms with Crippen molar-refractivity contribution in [3.8, 4) is 0 Å². The molecule has 0 amide bonds. The number of nitrogens with zero attached hydrogens (tertiary/aromatic N) is 3. The quantitative estimate of drug-likeness (QED) is 0.227. The van der Waals surface area contributed by atoms with E-state index in [1.807, 2.05) is 13.8 Å². The number of sulfonamides is 1. The maximum absolute atomic E-state index is 12.4. The van der Waals surface area contributed by atoms with Gasteiger partial charge in [0.1, 0.15) is 0 Å². The third kappa shape index (κ3) is 8.54. The fourth-order valence-corrected chi connectivity index (χ4v) is 4.78. The van der Waals surface area contributed by atoms with Crippen molar-refractivity contribution in [3.05, 3.63) is 11.6 Å². The van der Waals surface area contributed by atoms with E-state index >= 15 is 0 Å². The molecule has 2 rings (SSSR count). The fourth-order valence-electron chi connectivity index (χ4n) is 3.50. The molecule has 0 radical (unpaired) electrons. The monoisotopic (exact) mass is 528 g/mol. The molecule has 1 fully saturated rings. The molecule has 0 aromatic rings. The van der Waals surface area contributed by atoms with Crippen molar-refractivity contribution in [2.75, 3.05) is 52.1 Å². The Labute approximate surface area is 188 Å². The highest BCUT2D eigenvalue weighted by Crippen LogP contribution is 2.19. The number of aliphatic imine (C=N–C) groups is 1. The largest absolute Gasteiger partial charge is 0.378 e. The number of hydrogen-bond acceptors (Lipinski definition) is 4. The molecule has 7 nitrogen and oxygen atoms in total. The molecule has 1 aliphatic heterocycles. The van der Waals surface area contributed by atoms with Gasteiger partial charge in [-0.25, -0.2) is 8.42 Å². The molecule has 0 spiro atoms. The van der Waals surface area contributed by atoms with Gasteiger partial charge in [-0.2, -0.15) is 4.31 Å². The van der Waals surface area contributed by atoms with E-state index in [2.05, 4.69) is 21.3 Å². The number of piperazine rings is 1. The number of allylic oxidation sites excluding steroid dienone is 1. The van der Waals surface area contributed by atoms with Crippen LogP contribution < -0.4 is 5.32 Å². The van der Waals surface area contributed by atoms with Gasteiger partial charge in [0.25, 0.3) is 0 Å². The molecule has 9 heteroatoms. The first-order valence-corrected chi connectivity index (χ1v) is 11.8. The Morgan fingerprint density at radius 2 is 1.96 bits per heavy atom. The van der Waals surface area contributed by atoms with Gasteiger partial charge in [0.15, 0.2) is 5.96 Å². The average Bonchev–Trinajstić information content (AvgIpc) is 2.66. The summed E-state index contributed by atoms with van der Waals surface area (Å²) in [4.78, 5) is 6.52. The third-order valence-electron chi connectivity index (χ3n) is 5.05. The Kier molecular flexibility index (Phi) is 11.9. The van der Waals surface area contributed by atoms with Crippen molar-refractivity contribution >= 4 is 40.0 Å². The van der Waals surface area contributed by atoms with Crippen LogP contribution in [0.4, 0.5) is 0 Å². The molecule has 28 heavy (non-hydrogen) atoms. The first kappa shape index (κ1) is 25.6. The molecule has 1 aliphatic carbocycles. The summed E-state index contributed by atoms with van der Waals surface area (Å²) in [5.41, 5.74) is 1.55. The molecule has 1 heterocycles. The van der Waals surface area contributed by atoms with Gasteiger partial charge in [-0.3, -0.25) is 4.99 Å². The topological polar surface area (TPSA) is 74.2 Å². The van der Waals surface area contributed by atoms with E-state index in [0.29, 0.717) is 26.2 Å². The normalized spacial score (nSPS) is 19.4. The van der Waals surface area contributed by atoms with E-state index in [1.54, 1.807) is 16.9 Å². The summed E-state index contributed by atoms with van der Waals surface area (Å²) in [5, 5.41) is 3.43. The Hall–Kier alpha value is -0.390. The van der Waals surface area contributed by atoms with Crippen molar-refractivity contribution < 1.29 is 13.2 Å². The number of nitrogens with one attached hydrogen (secondary N) is 1. The molecule has 0 atom stereocenters. The number of hydrogen-bond donors (Lipinski definition) is 1. The van der Waals surface area contributed by atoms with Gasteiger partial charge in [-0.15, -0.1) is 24.0 Å². The lowest BCUT2D eigenvalue weighted by Gasteiger charge is -2.36. The molecule has 1 N–H and O–H groups in total. The zero-order valence-corrected chi connectivity index (χ0v) is 20.7. The van der Waals surface area contributed by atoms with Gasteiger partial charge in [-0.05, 0) is 46.0 Å². The highest BCUT2D eigenvalue weighted by atomic mass is 127. The second-order valence-corrected chi connectivity index (χ2v) is 9.54. The van der Waals surface area contributed by atoms with Crippen LogP contribution in [0.1, 0.15) is 46.0 Å². The van der Waals surface area contributed by atoms with Crippen molar-refractivity contribution in [3.63, 3.8) is 0 Å². The van der Waals surface area contributed by atoms with Gasteiger partial charge in [0, 0.05) is 39.8 Å². The lowest BCUT2D eigenvalue weighted by Crippen LogP contribution is -2.54. The van der Waals surface area contributed by atoms with Crippen LogP contribution in [0.3, 0.4) is 0 Å². The van der Waals surface area contributed by atoms with Crippen LogP contribution >= 0.6 is 24.0 Å². The zero-order valence-electron chi connectivity index (χ0n) is 17.5. The Balaban J connectivity index is 0.00000392. The second-order valence-electron chi connectivity index (χ2n) is 7.45. The highest BCUT2D eigenvalue weighted by molar-refractivity contribution is 14.0. The smallest absolute Gasteiger partial charge is 0.216 e. The zero-order chi connectivity index (χ0) is 19.7. The number of rotatable bonds is 8. The third-order valence-corrected chi connectivity index (χ3v) is 6.88. The molecule has 2 aliphatic rings. The van der Waals surface area contributed by atoms with E-state index in [1.165, 1.54) is 25.7 Å². The predicted molar refractivity (Wildman–Crippen MR) is 126 cm³/mol. The summed E-state index contributed by atoms with van der Waals surface area (Å²) in [6.45, 7) is 7.26. The highest BCUT2D eigenvalue weighted by Gasteiger charge is 2.27. The standard InChI is InChI=1S/C19H36N4O3S.HI/c1-17(2)26-15-16-27(24,25)23-13-11-22(12-14-23)19(20-3)21-10-9-18-7-5-4-6-8-18;/h7,17H,4-6,8-16H2,1-3H3,(H,20,21);1H. The molecule has 0 aromatic heterocycles. The maximum Gasteiger partial charge on any atom is 0.216 e. The van der Waals surface area contributed by atoms with Gasteiger partial charge >= 0.3 is 0 Å². The van der Waals surface area contributed by atoms with Gasteiger partial charge in [0.05, 0.1) is 18.5 Å². The van der Waals surface area contributed by atoms with Crippen LogP contribution in [-0.4, -0.2) is 81.8 Å².